The van der Waals surface area contributed by atoms with E-state index in [1.54, 1.807) is 12.5 Å². The first kappa shape index (κ1) is 15.7. The molecule has 3 rings (SSSR count). The van der Waals surface area contributed by atoms with Crippen LogP contribution in [0.1, 0.15) is 31.4 Å². The van der Waals surface area contributed by atoms with Gasteiger partial charge in [-0.2, -0.15) is 0 Å². The zero-order valence-corrected chi connectivity index (χ0v) is 13.5. The second-order valence-electron chi connectivity index (χ2n) is 6.28. The van der Waals surface area contributed by atoms with Crippen molar-refractivity contribution in [3.63, 3.8) is 0 Å². The number of piperidine rings is 1. The lowest BCUT2D eigenvalue weighted by Gasteiger charge is -2.33. The van der Waals surface area contributed by atoms with E-state index in [4.69, 9.17) is 0 Å². The standard InChI is InChI=1S/C18H24N4O/c23-18(7-4-10-21-12-9-19-15-21)22-11-3-5-16(14-22)13-17-6-1-2-8-20-17/h1-2,6,8-9,12,15-16H,3-5,7,10-11,13-14H2. The second-order valence-corrected chi connectivity index (χ2v) is 6.28. The number of carbonyl (C=O) groups is 1. The van der Waals surface area contributed by atoms with Crippen molar-refractivity contribution in [2.45, 2.75) is 38.6 Å². The van der Waals surface area contributed by atoms with Crippen LogP contribution in [0.3, 0.4) is 0 Å². The van der Waals surface area contributed by atoms with Gasteiger partial charge in [0.15, 0.2) is 0 Å². The Morgan fingerprint density at radius 3 is 3.04 bits per heavy atom. The molecule has 5 nitrogen and oxygen atoms in total. The van der Waals surface area contributed by atoms with Gasteiger partial charge >= 0.3 is 0 Å². The molecule has 1 aliphatic heterocycles. The summed E-state index contributed by atoms with van der Waals surface area (Å²) in [6.07, 6.45) is 12.1. The maximum absolute atomic E-state index is 12.4. The Bertz CT molecular complexity index is 597. The Kier molecular flexibility index (Phi) is 5.40. The number of hydrogen-bond acceptors (Lipinski definition) is 3. The van der Waals surface area contributed by atoms with Crippen molar-refractivity contribution in [1.82, 2.24) is 19.4 Å². The summed E-state index contributed by atoms with van der Waals surface area (Å²) < 4.78 is 2.02. The van der Waals surface area contributed by atoms with Gasteiger partial charge in [0.25, 0.3) is 0 Å². The zero-order chi connectivity index (χ0) is 15.9. The molecule has 122 valence electrons. The van der Waals surface area contributed by atoms with E-state index in [9.17, 15) is 4.79 Å². The van der Waals surface area contributed by atoms with Crippen molar-refractivity contribution >= 4 is 5.91 Å². The van der Waals surface area contributed by atoms with E-state index in [-0.39, 0.29) is 5.91 Å². The van der Waals surface area contributed by atoms with E-state index in [0.29, 0.717) is 12.3 Å². The van der Waals surface area contributed by atoms with Gasteiger partial charge in [-0.1, -0.05) is 6.07 Å². The summed E-state index contributed by atoms with van der Waals surface area (Å²) in [4.78, 5) is 22.9. The van der Waals surface area contributed by atoms with Crippen molar-refractivity contribution in [2.75, 3.05) is 13.1 Å². The molecule has 1 fully saturated rings. The van der Waals surface area contributed by atoms with Crippen molar-refractivity contribution < 1.29 is 4.79 Å². The molecule has 1 unspecified atom stereocenters. The summed E-state index contributed by atoms with van der Waals surface area (Å²) in [7, 11) is 0. The van der Waals surface area contributed by atoms with Gasteiger partial charge in [0.2, 0.25) is 5.91 Å². The minimum atomic E-state index is 0.288. The molecule has 0 bridgehead atoms. The van der Waals surface area contributed by atoms with E-state index in [2.05, 4.69) is 16.0 Å². The summed E-state index contributed by atoms with van der Waals surface area (Å²) in [6.45, 7) is 2.64. The van der Waals surface area contributed by atoms with Crippen LogP contribution < -0.4 is 0 Å². The zero-order valence-electron chi connectivity index (χ0n) is 13.5. The molecule has 1 aliphatic rings. The van der Waals surface area contributed by atoms with E-state index in [1.807, 2.05) is 34.0 Å². The number of aryl methyl sites for hydroxylation is 1. The van der Waals surface area contributed by atoms with Gasteiger partial charge in [0, 0.05) is 50.3 Å². The van der Waals surface area contributed by atoms with Crippen LogP contribution in [0.2, 0.25) is 0 Å². The summed E-state index contributed by atoms with van der Waals surface area (Å²) in [5, 5.41) is 0. The van der Waals surface area contributed by atoms with Crippen molar-refractivity contribution in [1.29, 1.82) is 0 Å². The Hall–Kier alpha value is -2.17. The number of pyridine rings is 1. The highest BCUT2D eigenvalue weighted by Crippen LogP contribution is 2.21. The monoisotopic (exact) mass is 312 g/mol. The van der Waals surface area contributed by atoms with Crippen LogP contribution in [0.5, 0.6) is 0 Å². The van der Waals surface area contributed by atoms with Gasteiger partial charge in [-0.05, 0) is 43.7 Å². The van der Waals surface area contributed by atoms with Crippen molar-refractivity contribution in [3.8, 4) is 0 Å². The van der Waals surface area contributed by atoms with Gasteiger partial charge in [-0.3, -0.25) is 9.78 Å². The van der Waals surface area contributed by atoms with E-state index in [1.165, 1.54) is 6.42 Å². The molecule has 1 amide bonds. The summed E-state index contributed by atoms with van der Waals surface area (Å²) in [6, 6.07) is 6.05. The fourth-order valence-corrected chi connectivity index (χ4v) is 3.26. The lowest BCUT2D eigenvalue weighted by Crippen LogP contribution is -2.40. The highest BCUT2D eigenvalue weighted by molar-refractivity contribution is 5.76. The highest BCUT2D eigenvalue weighted by atomic mass is 16.2. The smallest absolute Gasteiger partial charge is 0.222 e. The SMILES string of the molecule is O=C(CCCn1ccnc1)N1CCCC(Cc2ccccn2)C1. The first-order chi connectivity index (χ1) is 11.3. The molecular weight excluding hydrogens is 288 g/mol. The summed E-state index contributed by atoms with van der Waals surface area (Å²) >= 11 is 0. The minimum absolute atomic E-state index is 0.288. The quantitative estimate of drug-likeness (QED) is 0.823. The fraction of sp³-hybridized carbons (Fsp3) is 0.500. The van der Waals surface area contributed by atoms with Crippen molar-refractivity contribution in [3.05, 3.63) is 48.8 Å². The third-order valence-corrected chi connectivity index (χ3v) is 4.46. The third-order valence-electron chi connectivity index (χ3n) is 4.46. The first-order valence-corrected chi connectivity index (χ1v) is 8.44. The van der Waals surface area contributed by atoms with E-state index < -0.39 is 0 Å². The molecule has 0 aromatic carbocycles. The number of hydrogen-bond donors (Lipinski definition) is 0. The molecule has 5 heteroatoms. The maximum Gasteiger partial charge on any atom is 0.222 e. The molecule has 3 heterocycles. The molecular formula is C18H24N4O. The van der Waals surface area contributed by atoms with E-state index >= 15 is 0 Å². The van der Waals surface area contributed by atoms with Gasteiger partial charge in [-0.15, -0.1) is 0 Å². The topological polar surface area (TPSA) is 51.0 Å². The lowest BCUT2D eigenvalue weighted by atomic mass is 9.93. The number of imidazole rings is 1. The van der Waals surface area contributed by atoms with Gasteiger partial charge in [0.05, 0.1) is 6.33 Å². The summed E-state index contributed by atoms with van der Waals surface area (Å²) in [5.74, 6) is 0.826. The molecule has 0 saturated carbocycles. The van der Waals surface area contributed by atoms with Crippen LogP contribution in [0.15, 0.2) is 43.1 Å². The number of likely N-dealkylation sites (tertiary alicyclic amines) is 1. The normalized spacial score (nSPS) is 18.1. The van der Waals surface area contributed by atoms with E-state index in [0.717, 1.165) is 44.6 Å². The largest absolute Gasteiger partial charge is 0.342 e. The minimum Gasteiger partial charge on any atom is -0.342 e. The maximum atomic E-state index is 12.4. The Morgan fingerprint density at radius 1 is 1.30 bits per heavy atom. The average molecular weight is 312 g/mol. The molecule has 2 aromatic heterocycles. The lowest BCUT2D eigenvalue weighted by molar-refractivity contribution is -0.133. The second kappa shape index (κ2) is 7.90. The number of rotatable bonds is 6. The fourth-order valence-electron chi connectivity index (χ4n) is 3.26. The van der Waals surface area contributed by atoms with Gasteiger partial charge < -0.3 is 9.47 Å². The molecule has 1 atom stereocenters. The van der Waals surface area contributed by atoms with Crippen molar-refractivity contribution in [2.24, 2.45) is 5.92 Å². The molecule has 1 saturated heterocycles. The summed E-state index contributed by atoms with van der Waals surface area (Å²) in [5.41, 5.74) is 1.13. The van der Waals surface area contributed by atoms with Crippen LogP contribution in [0.25, 0.3) is 0 Å². The predicted octanol–water partition coefficient (Wildman–Crippen LogP) is 2.54. The van der Waals surface area contributed by atoms with Gasteiger partial charge in [0.1, 0.15) is 0 Å². The number of nitrogens with zero attached hydrogens (tertiary/aromatic N) is 4. The predicted molar refractivity (Wildman–Crippen MR) is 88.7 cm³/mol. The highest BCUT2D eigenvalue weighted by Gasteiger charge is 2.23. The Balaban J connectivity index is 1.44. The molecule has 0 spiro atoms. The Morgan fingerprint density at radius 2 is 2.26 bits per heavy atom. The van der Waals surface area contributed by atoms with Crippen LogP contribution >= 0.6 is 0 Å². The molecule has 23 heavy (non-hydrogen) atoms. The molecule has 0 N–H and O–H groups in total. The number of amides is 1. The number of aromatic nitrogens is 3. The van der Waals surface area contributed by atoms with Crippen LogP contribution in [0.4, 0.5) is 0 Å². The Labute approximate surface area is 137 Å². The average Bonchev–Trinajstić information content (AvgIpc) is 3.09. The number of carbonyl (C=O) groups excluding carboxylic acids is 1. The van der Waals surface area contributed by atoms with Crippen LogP contribution in [0, 0.1) is 5.92 Å². The molecule has 2 aromatic rings. The molecule has 0 aliphatic carbocycles. The van der Waals surface area contributed by atoms with Crippen LogP contribution in [-0.2, 0) is 17.8 Å². The first-order valence-electron chi connectivity index (χ1n) is 8.44. The molecule has 0 radical (unpaired) electrons. The van der Waals surface area contributed by atoms with Gasteiger partial charge in [-0.25, -0.2) is 4.98 Å². The third kappa shape index (κ3) is 4.65. The van der Waals surface area contributed by atoms with Crippen LogP contribution in [-0.4, -0.2) is 38.4 Å².